The van der Waals surface area contributed by atoms with Crippen LogP contribution in [0.15, 0.2) is 0 Å². The minimum atomic E-state index is 0.0250. The predicted molar refractivity (Wildman–Crippen MR) is 77.9 cm³/mol. The molecule has 2 aliphatic rings. The molecule has 104 valence electrons. The minimum Gasteiger partial charge on any atom is -0.352 e. The number of carbonyl (C=O) groups excluding carboxylic acids is 1. The van der Waals surface area contributed by atoms with Crippen molar-refractivity contribution in [2.24, 2.45) is 5.92 Å². The van der Waals surface area contributed by atoms with Gasteiger partial charge in [-0.3, -0.25) is 4.79 Å². The molecule has 0 radical (unpaired) electrons. The number of rotatable bonds is 3. The second-order valence-electron chi connectivity index (χ2n) is 5.63. The highest BCUT2D eigenvalue weighted by Crippen LogP contribution is 2.25. The molecule has 3 nitrogen and oxygen atoms in total. The van der Waals surface area contributed by atoms with Crippen molar-refractivity contribution < 1.29 is 4.79 Å². The maximum absolute atomic E-state index is 12.2. The summed E-state index contributed by atoms with van der Waals surface area (Å²) >= 11 is 1.87. The minimum absolute atomic E-state index is 0.0250. The van der Waals surface area contributed by atoms with Crippen LogP contribution in [-0.2, 0) is 4.79 Å². The van der Waals surface area contributed by atoms with E-state index in [0.717, 1.165) is 18.1 Å². The largest absolute Gasteiger partial charge is 0.352 e. The molecule has 0 bridgehead atoms. The SMILES string of the molecule is C[C@H](NC(=O)C1CSCCN1)C1CCCCCC1. The van der Waals surface area contributed by atoms with Crippen LogP contribution < -0.4 is 10.6 Å². The molecule has 2 N–H and O–H groups in total. The van der Waals surface area contributed by atoms with Gasteiger partial charge in [-0.25, -0.2) is 0 Å². The number of hydrogen-bond acceptors (Lipinski definition) is 3. The van der Waals surface area contributed by atoms with E-state index in [4.69, 9.17) is 0 Å². The van der Waals surface area contributed by atoms with Gasteiger partial charge in [-0.15, -0.1) is 0 Å². The highest BCUT2D eigenvalue weighted by atomic mass is 32.2. The lowest BCUT2D eigenvalue weighted by molar-refractivity contribution is -0.123. The number of thioether (sulfide) groups is 1. The first-order valence-electron chi connectivity index (χ1n) is 7.39. The van der Waals surface area contributed by atoms with E-state index in [2.05, 4.69) is 17.6 Å². The molecular formula is C14H26N2OS. The first kappa shape index (κ1) is 14.2. The topological polar surface area (TPSA) is 41.1 Å². The molecule has 0 aromatic rings. The summed E-state index contributed by atoms with van der Waals surface area (Å²) in [6.45, 7) is 3.14. The van der Waals surface area contributed by atoms with Gasteiger partial charge in [0.15, 0.2) is 0 Å². The van der Waals surface area contributed by atoms with Crippen LogP contribution in [0.25, 0.3) is 0 Å². The first-order chi connectivity index (χ1) is 8.77. The van der Waals surface area contributed by atoms with Gasteiger partial charge >= 0.3 is 0 Å². The van der Waals surface area contributed by atoms with E-state index in [1.165, 1.54) is 38.5 Å². The number of nitrogens with one attached hydrogen (secondary N) is 2. The van der Waals surface area contributed by atoms with Crippen molar-refractivity contribution in [3.63, 3.8) is 0 Å². The molecule has 0 aromatic carbocycles. The lowest BCUT2D eigenvalue weighted by Crippen LogP contribution is -2.52. The van der Waals surface area contributed by atoms with Crippen LogP contribution in [0.1, 0.15) is 45.4 Å². The van der Waals surface area contributed by atoms with Gasteiger partial charge in [0.05, 0.1) is 6.04 Å². The molecule has 1 saturated heterocycles. The molecule has 0 spiro atoms. The molecule has 1 aliphatic heterocycles. The van der Waals surface area contributed by atoms with Crippen LogP contribution in [0.5, 0.6) is 0 Å². The molecule has 1 unspecified atom stereocenters. The zero-order valence-electron chi connectivity index (χ0n) is 11.4. The van der Waals surface area contributed by atoms with Crippen molar-refractivity contribution >= 4 is 17.7 Å². The second-order valence-corrected chi connectivity index (χ2v) is 6.78. The van der Waals surface area contributed by atoms with Gasteiger partial charge in [-0.1, -0.05) is 25.7 Å². The van der Waals surface area contributed by atoms with Crippen LogP contribution in [-0.4, -0.2) is 36.0 Å². The maximum Gasteiger partial charge on any atom is 0.238 e. The van der Waals surface area contributed by atoms with Gasteiger partial charge in [-0.05, 0) is 25.7 Å². The Bertz CT molecular complexity index is 259. The fraction of sp³-hybridized carbons (Fsp3) is 0.929. The molecule has 18 heavy (non-hydrogen) atoms. The van der Waals surface area contributed by atoms with Crippen molar-refractivity contribution in [2.75, 3.05) is 18.1 Å². The lowest BCUT2D eigenvalue weighted by Gasteiger charge is -2.28. The van der Waals surface area contributed by atoms with Crippen LogP contribution >= 0.6 is 11.8 Å². The first-order valence-corrected chi connectivity index (χ1v) is 8.54. The highest BCUT2D eigenvalue weighted by molar-refractivity contribution is 7.99. The van der Waals surface area contributed by atoms with E-state index in [1.807, 2.05) is 11.8 Å². The molecule has 2 fully saturated rings. The van der Waals surface area contributed by atoms with E-state index in [9.17, 15) is 4.79 Å². The molecule has 4 heteroatoms. The normalized spacial score (nSPS) is 28.4. The average Bonchev–Trinajstić information content (AvgIpc) is 2.68. The zero-order chi connectivity index (χ0) is 12.8. The monoisotopic (exact) mass is 270 g/mol. The Morgan fingerprint density at radius 2 is 2.00 bits per heavy atom. The van der Waals surface area contributed by atoms with E-state index < -0.39 is 0 Å². The summed E-state index contributed by atoms with van der Waals surface area (Å²) in [6.07, 6.45) is 7.99. The van der Waals surface area contributed by atoms with Crippen molar-refractivity contribution in [3.05, 3.63) is 0 Å². The summed E-state index contributed by atoms with van der Waals surface area (Å²) in [7, 11) is 0. The fourth-order valence-corrected chi connectivity index (χ4v) is 3.92. The second kappa shape index (κ2) is 7.39. The van der Waals surface area contributed by atoms with Gasteiger partial charge in [0.1, 0.15) is 0 Å². The maximum atomic E-state index is 12.2. The molecule has 1 aliphatic carbocycles. The third kappa shape index (κ3) is 4.16. The van der Waals surface area contributed by atoms with Crippen molar-refractivity contribution in [1.82, 2.24) is 10.6 Å². The van der Waals surface area contributed by atoms with E-state index in [-0.39, 0.29) is 11.9 Å². The van der Waals surface area contributed by atoms with Gasteiger partial charge in [0.25, 0.3) is 0 Å². The van der Waals surface area contributed by atoms with E-state index in [0.29, 0.717) is 12.0 Å². The Morgan fingerprint density at radius 1 is 1.28 bits per heavy atom. The lowest BCUT2D eigenvalue weighted by atomic mass is 9.93. The Labute approximate surface area is 115 Å². The van der Waals surface area contributed by atoms with Crippen LogP contribution in [0.3, 0.4) is 0 Å². The molecule has 1 saturated carbocycles. The van der Waals surface area contributed by atoms with Gasteiger partial charge in [0, 0.05) is 24.1 Å². The summed E-state index contributed by atoms with van der Waals surface area (Å²) in [5.74, 6) is 2.94. The van der Waals surface area contributed by atoms with Gasteiger partial charge in [0.2, 0.25) is 5.91 Å². The van der Waals surface area contributed by atoms with Gasteiger partial charge in [-0.2, -0.15) is 11.8 Å². The van der Waals surface area contributed by atoms with E-state index >= 15 is 0 Å². The summed E-state index contributed by atoms with van der Waals surface area (Å²) in [5, 5.41) is 6.54. The average molecular weight is 270 g/mol. The molecule has 1 heterocycles. The van der Waals surface area contributed by atoms with Crippen molar-refractivity contribution in [3.8, 4) is 0 Å². The smallest absolute Gasteiger partial charge is 0.238 e. The predicted octanol–water partition coefficient (Wildman–Crippen LogP) is 2.17. The van der Waals surface area contributed by atoms with Crippen LogP contribution in [0.4, 0.5) is 0 Å². The molecule has 2 atom stereocenters. The highest BCUT2D eigenvalue weighted by Gasteiger charge is 2.25. The Balaban J connectivity index is 1.77. The van der Waals surface area contributed by atoms with E-state index in [1.54, 1.807) is 0 Å². The Hall–Kier alpha value is -0.220. The van der Waals surface area contributed by atoms with Crippen LogP contribution in [0, 0.1) is 5.92 Å². The third-order valence-electron chi connectivity index (χ3n) is 4.22. The summed E-state index contributed by atoms with van der Waals surface area (Å²) < 4.78 is 0. The van der Waals surface area contributed by atoms with Crippen molar-refractivity contribution in [1.29, 1.82) is 0 Å². The zero-order valence-corrected chi connectivity index (χ0v) is 12.2. The fourth-order valence-electron chi connectivity index (χ4n) is 2.99. The molecule has 2 rings (SSSR count). The number of carbonyl (C=O) groups is 1. The summed E-state index contributed by atoms with van der Waals surface area (Å²) in [6, 6.07) is 0.362. The molecule has 1 amide bonds. The summed E-state index contributed by atoms with van der Waals surface area (Å²) in [5.41, 5.74) is 0. The Kier molecular flexibility index (Phi) is 5.83. The third-order valence-corrected chi connectivity index (χ3v) is 5.28. The molecular weight excluding hydrogens is 244 g/mol. The summed E-state index contributed by atoms with van der Waals surface area (Å²) in [4.78, 5) is 12.2. The Morgan fingerprint density at radius 3 is 2.61 bits per heavy atom. The standard InChI is InChI=1S/C14H26N2OS/c1-11(12-6-4-2-3-5-7-12)16-14(17)13-10-18-9-8-15-13/h11-13,15H,2-10H2,1H3,(H,16,17)/t11-,13?/m0/s1. The van der Waals surface area contributed by atoms with Crippen molar-refractivity contribution in [2.45, 2.75) is 57.5 Å². The quantitative estimate of drug-likeness (QED) is 0.772. The number of amides is 1. The number of hydrogen-bond donors (Lipinski definition) is 2. The molecule has 0 aromatic heterocycles. The van der Waals surface area contributed by atoms with Crippen LogP contribution in [0.2, 0.25) is 0 Å². The van der Waals surface area contributed by atoms with Gasteiger partial charge < -0.3 is 10.6 Å².